The number of benzene rings is 3. The molecule has 0 saturated carbocycles. The van der Waals surface area contributed by atoms with Crippen molar-refractivity contribution in [3.8, 4) is 5.75 Å². The third-order valence-electron chi connectivity index (χ3n) is 5.16. The average Bonchev–Trinajstić information content (AvgIpc) is 2.80. The lowest BCUT2D eigenvalue weighted by atomic mass is 10.1. The quantitative estimate of drug-likeness (QED) is 0.323. The third kappa shape index (κ3) is 5.28. The van der Waals surface area contributed by atoms with Crippen LogP contribution in [0.4, 0.5) is 30.4 Å². The standard InChI is InChI=1S/C26H22F3N3O2/c1-3-34-21-10-7-17(8-11-21)25(33)31-20-9-12-23-22(15-20)16(2)13-24(32-23)30-19-6-4-5-18(14-19)26(27,28)29/h4-15H,3H2,1-2H3,(H,30,32)(H,31,33). The summed E-state index contributed by atoms with van der Waals surface area (Å²) >= 11 is 0. The minimum absolute atomic E-state index is 0.254. The molecule has 4 rings (SSSR count). The average molecular weight is 465 g/mol. The second-order valence-electron chi connectivity index (χ2n) is 7.67. The van der Waals surface area contributed by atoms with Gasteiger partial charge in [0.05, 0.1) is 17.7 Å². The molecular weight excluding hydrogens is 443 g/mol. The van der Waals surface area contributed by atoms with Crippen LogP contribution in [0.3, 0.4) is 0 Å². The van der Waals surface area contributed by atoms with E-state index in [4.69, 9.17) is 4.74 Å². The maximum Gasteiger partial charge on any atom is 0.416 e. The van der Waals surface area contributed by atoms with Crippen LogP contribution in [0.15, 0.2) is 72.8 Å². The number of pyridine rings is 1. The van der Waals surface area contributed by atoms with Crippen molar-refractivity contribution in [1.82, 2.24) is 4.98 Å². The van der Waals surface area contributed by atoms with Gasteiger partial charge in [-0.25, -0.2) is 4.98 Å². The molecule has 5 nitrogen and oxygen atoms in total. The number of amides is 1. The predicted octanol–water partition coefficient (Wildman–Crippen LogP) is 6.96. The van der Waals surface area contributed by atoms with Crippen molar-refractivity contribution in [2.75, 3.05) is 17.2 Å². The summed E-state index contributed by atoms with van der Waals surface area (Å²) in [5, 5.41) is 6.63. The summed E-state index contributed by atoms with van der Waals surface area (Å²) < 4.78 is 44.4. The van der Waals surface area contributed by atoms with Gasteiger partial charge in [-0.15, -0.1) is 0 Å². The molecule has 0 bridgehead atoms. The van der Waals surface area contributed by atoms with E-state index in [1.54, 1.807) is 48.5 Å². The first-order valence-electron chi connectivity index (χ1n) is 10.6. The van der Waals surface area contributed by atoms with Crippen molar-refractivity contribution in [2.45, 2.75) is 20.0 Å². The van der Waals surface area contributed by atoms with Crippen LogP contribution in [0.2, 0.25) is 0 Å². The maximum absolute atomic E-state index is 13.0. The molecule has 0 aliphatic carbocycles. The van der Waals surface area contributed by atoms with Gasteiger partial charge in [0.1, 0.15) is 11.6 Å². The lowest BCUT2D eigenvalue weighted by Crippen LogP contribution is -2.11. The number of rotatable bonds is 6. The highest BCUT2D eigenvalue weighted by Gasteiger charge is 2.30. The second-order valence-corrected chi connectivity index (χ2v) is 7.67. The van der Waals surface area contributed by atoms with Crippen LogP contribution in [0.5, 0.6) is 5.75 Å². The monoisotopic (exact) mass is 465 g/mol. The van der Waals surface area contributed by atoms with Gasteiger partial charge < -0.3 is 15.4 Å². The summed E-state index contributed by atoms with van der Waals surface area (Å²) in [7, 11) is 0. The normalized spacial score (nSPS) is 11.3. The second kappa shape index (κ2) is 9.43. The summed E-state index contributed by atoms with van der Waals surface area (Å²) in [6.45, 7) is 4.31. The van der Waals surface area contributed by atoms with Crippen molar-refractivity contribution in [2.24, 2.45) is 0 Å². The van der Waals surface area contributed by atoms with Gasteiger partial charge in [0, 0.05) is 22.3 Å². The first-order valence-corrected chi connectivity index (χ1v) is 10.6. The van der Waals surface area contributed by atoms with Gasteiger partial charge in [-0.1, -0.05) is 6.07 Å². The molecule has 2 N–H and O–H groups in total. The predicted molar refractivity (Wildman–Crippen MR) is 127 cm³/mol. The number of anilines is 3. The first-order chi connectivity index (χ1) is 16.2. The Balaban J connectivity index is 1.53. The van der Waals surface area contributed by atoms with E-state index < -0.39 is 11.7 Å². The molecule has 1 amide bonds. The van der Waals surface area contributed by atoms with Crippen LogP contribution in [0.25, 0.3) is 10.9 Å². The van der Waals surface area contributed by atoms with Gasteiger partial charge in [-0.3, -0.25) is 4.79 Å². The Morgan fingerprint density at radius 3 is 2.44 bits per heavy atom. The summed E-state index contributed by atoms with van der Waals surface area (Å²) in [6.07, 6.45) is -4.42. The number of alkyl halides is 3. The molecule has 0 fully saturated rings. The molecule has 3 aromatic carbocycles. The number of nitrogens with one attached hydrogen (secondary N) is 2. The van der Waals surface area contributed by atoms with Crippen molar-refractivity contribution >= 4 is 34.0 Å². The summed E-state index contributed by atoms with van der Waals surface area (Å²) in [6, 6.07) is 18.9. The molecule has 34 heavy (non-hydrogen) atoms. The number of aryl methyl sites for hydroxylation is 1. The summed E-state index contributed by atoms with van der Waals surface area (Å²) in [5.74, 6) is 0.868. The zero-order valence-corrected chi connectivity index (χ0v) is 18.5. The van der Waals surface area contributed by atoms with Crippen LogP contribution in [0.1, 0.15) is 28.4 Å². The van der Waals surface area contributed by atoms with E-state index in [0.29, 0.717) is 40.6 Å². The highest BCUT2D eigenvalue weighted by atomic mass is 19.4. The number of hydrogen-bond acceptors (Lipinski definition) is 4. The molecule has 174 valence electrons. The Morgan fingerprint density at radius 1 is 0.971 bits per heavy atom. The number of hydrogen-bond donors (Lipinski definition) is 2. The molecule has 0 radical (unpaired) electrons. The highest BCUT2D eigenvalue weighted by Crippen LogP contribution is 2.32. The van der Waals surface area contributed by atoms with Gasteiger partial charge >= 0.3 is 6.18 Å². The number of ether oxygens (including phenoxy) is 1. The van der Waals surface area contributed by atoms with Gasteiger partial charge in [0.15, 0.2) is 0 Å². The summed E-state index contributed by atoms with van der Waals surface area (Å²) in [4.78, 5) is 17.1. The Kier molecular flexibility index (Phi) is 6.40. The van der Waals surface area contributed by atoms with E-state index in [2.05, 4.69) is 15.6 Å². The van der Waals surface area contributed by atoms with E-state index in [0.717, 1.165) is 23.1 Å². The van der Waals surface area contributed by atoms with Crippen LogP contribution >= 0.6 is 0 Å². The summed E-state index contributed by atoms with van der Waals surface area (Å²) in [5.41, 5.74) is 2.17. The molecule has 0 unspecified atom stereocenters. The maximum atomic E-state index is 13.0. The van der Waals surface area contributed by atoms with Crippen molar-refractivity contribution in [3.63, 3.8) is 0 Å². The lowest BCUT2D eigenvalue weighted by Gasteiger charge is -2.13. The van der Waals surface area contributed by atoms with Crippen molar-refractivity contribution < 1.29 is 22.7 Å². The number of fused-ring (bicyclic) bond motifs is 1. The molecule has 4 aromatic rings. The van der Waals surface area contributed by atoms with E-state index >= 15 is 0 Å². The molecule has 8 heteroatoms. The lowest BCUT2D eigenvalue weighted by molar-refractivity contribution is -0.137. The molecule has 0 atom stereocenters. The highest BCUT2D eigenvalue weighted by molar-refractivity contribution is 6.05. The Morgan fingerprint density at radius 2 is 1.74 bits per heavy atom. The molecular formula is C26H22F3N3O2. The number of aromatic nitrogens is 1. The third-order valence-corrected chi connectivity index (χ3v) is 5.16. The van der Waals surface area contributed by atoms with E-state index in [9.17, 15) is 18.0 Å². The minimum atomic E-state index is -4.42. The van der Waals surface area contributed by atoms with Gasteiger partial charge in [0.25, 0.3) is 5.91 Å². The minimum Gasteiger partial charge on any atom is -0.494 e. The fourth-order valence-corrected chi connectivity index (χ4v) is 3.53. The van der Waals surface area contributed by atoms with Crippen molar-refractivity contribution in [1.29, 1.82) is 0 Å². The Hall–Kier alpha value is -4.07. The number of carbonyl (C=O) groups excluding carboxylic acids is 1. The van der Waals surface area contributed by atoms with Crippen LogP contribution in [-0.4, -0.2) is 17.5 Å². The number of nitrogens with zero attached hydrogens (tertiary/aromatic N) is 1. The Labute approximate surface area is 194 Å². The first kappa shape index (κ1) is 23.1. The largest absolute Gasteiger partial charge is 0.494 e. The van der Waals surface area contributed by atoms with Crippen LogP contribution < -0.4 is 15.4 Å². The fraction of sp³-hybridized carbons (Fsp3) is 0.154. The smallest absolute Gasteiger partial charge is 0.416 e. The molecule has 1 aromatic heterocycles. The molecule has 0 aliphatic heterocycles. The Bertz CT molecular complexity index is 1340. The molecule has 0 spiro atoms. The molecule has 0 saturated heterocycles. The molecule has 1 heterocycles. The van der Waals surface area contributed by atoms with E-state index in [1.807, 2.05) is 19.9 Å². The number of halogens is 3. The van der Waals surface area contributed by atoms with Crippen LogP contribution in [-0.2, 0) is 6.18 Å². The fourth-order valence-electron chi connectivity index (χ4n) is 3.53. The van der Waals surface area contributed by atoms with Gasteiger partial charge in [-0.2, -0.15) is 13.2 Å². The van der Waals surface area contributed by atoms with E-state index in [-0.39, 0.29) is 5.91 Å². The number of carbonyl (C=O) groups is 1. The molecule has 0 aliphatic rings. The van der Waals surface area contributed by atoms with Crippen LogP contribution in [0, 0.1) is 6.92 Å². The topological polar surface area (TPSA) is 63.2 Å². The van der Waals surface area contributed by atoms with Crippen molar-refractivity contribution in [3.05, 3.63) is 89.5 Å². The van der Waals surface area contributed by atoms with E-state index in [1.165, 1.54) is 6.07 Å². The van der Waals surface area contributed by atoms with Gasteiger partial charge in [-0.05, 0) is 86.1 Å². The zero-order valence-electron chi connectivity index (χ0n) is 18.5. The van der Waals surface area contributed by atoms with Gasteiger partial charge in [0.2, 0.25) is 0 Å². The zero-order chi connectivity index (χ0) is 24.3. The SMILES string of the molecule is CCOc1ccc(C(=O)Nc2ccc3nc(Nc4cccc(C(F)(F)F)c4)cc(C)c3c2)cc1.